The van der Waals surface area contributed by atoms with Crippen LogP contribution in [0.25, 0.3) is 0 Å². The predicted molar refractivity (Wildman–Crippen MR) is 66.2 cm³/mol. The number of rotatable bonds is 5. The number of anilines is 1. The summed E-state index contributed by atoms with van der Waals surface area (Å²) in [5.41, 5.74) is 5.59. The molecule has 0 radical (unpaired) electrons. The second kappa shape index (κ2) is 6.10. The van der Waals surface area contributed by atoms with Crippen molar-refractivity contribution >= 4 is 17.7 Å². The van der Waals surface area contributed by atoms with Gasteiger partial charge in [-0.3, -0.25) is 4.98 Å². The molecule has 0 saturated heterocycles. The SMILES string of the molecule is CCCOc1nc(N)nc(Sc2cnccn2)n1. The molecular formula is C10H12N6OS. The van der Waals surface area contributed by atoms with Crippen LogP contribution in [-0.2, 0) is 0 Å². The molecule has 0 fully saturated rings. The summed E-state index contributed by atoms with van der Waals surface area (Å²) in [6.45, 7) is 2.54. The summed E-state index contributed by atoms with van der Waals surface area (Å²) in [6, 6.07) is 0.232. The summed E-state index contributed by atoms with van der Waals surface area (Å²) in [6.07, 6.45) is 5.69. The van der Waals surface area contributed by atoms with E-state index >= 15 is 0 Å². The summed E-state index contributed by atoms with van der Waals surface area (Å²) in [5, 5.41) is 1.12. The van der Waals surface area contributed by atoms with E-state index in [0.29, 0.717) is 16.8 Å². The first-order valence-electron chi connectivity index (χ1n) is 5.36. The van der Waals surface area contributed by atoms with E-state index in [1.807, 2.05) is 6.92 Å². The number of nitrogen functional groups attached to an aromatic ring is 1. The largest absolute Gasteiger partial charge is 0.463 e. The van der Waals surface area contributed by atoms with Gasteiger partial charge in [-0.2, -0.15) is 15.0 Å². The first kappa shape index (κ1) is 12.5. The summed E-state index contributed by atoms with van der Waals surface area (Å²) in [4.78, 5) is 20.1. The van der Waals surface area contributed by atoms with E-state index < -0.39 is 0 Å². The highest BCUT2D eigenvalue weighted by Crippen LogP contribution is 2.23. The van der Waals surface area contributed by atoms with Gasteiger partial charge in [0.2, 0.25) is 11.1 Å². The van der Waals surface area contributed by atoms with Crippen LogP contribution >= 0.6 is 11.8 Å². The molecule has 2 N–H and O–H groups in total. The lowest BCUT2D eigenvalue weighted by molar-refractivity contribution is 0.288. The third kappa shape index (κ3) is 3.52. The Hall–Kier alpha value is -1.96. The molecule has 94 valence electrons. The van der Waals surface area contributed by atoms with Gasteiger partial charge < -0.3 is 10.5 Å². The molecule has 0 aliphatic heterocycles. The highest BCUT2D eigenvalue weighted by Gasteiger charge is 2.07. The van der Waals surface area contributed by atoms with Crippen LogP contribution in [0.15, 0.2) is 28.8 Å². The smallest absolute Gasteiger partial charge is 0.322 e. The van der Waals surface area contributed by atoms with Crippen molar-refractivity contribution in [1.82, 2.24) is 24.9 Å². The minimum Gasteiger partial charge on any atom is -0.463 e. The van der Waals surface area contributed by atoms with Crippen LogP contribution in [0.5, 0.6) is 6.01 Å². The fraction of sp³-hybridized carbons (Fsp3) is 0.300. The molecule has 0 spiro atoms. The molecule has 18 heavy (non-hydrogen) atoms. The molecule has 0 aliphatic rings. The van der Waals surface area contributed by atoms with Crippen molar-refractivity contribution in [3.05, 3.63) is 18.6 Å². The van der Waals surface area contributed by atoms with Crippen molar-refractivity contribution in [1.29, 1.82) is 0 Å². The third-order valence-electron chi connectivity index (χ3n) is 1.78. The molecule has 0 aromatic carbocycles. The molecule has 2 aromatic rings. The van der Waals surface area contributed by atoms with Gasteiger partial charge in [-0.05, 0) is 18.2 Å². The van der Waals surface area contributed by atoms with Gasteiger partial charge >= 0.3 is 6.01 Å². The Morgan fingerprint density at radius 2 is 2.17 bits per heavy atom. The fourth-order valence-electron chi connectivity index (χ4n) is 1.09. The number of hydrogen-bond acceptors (Lipinski definition) is 8. The molecule has 0 amide bonds. The second-order valence-corrected chi connectivity index (χ2v) is 4.24. The Kier molecular flexibility index (Phi) is 4.24. The second-order valence-electron chi connectivity index (χ2n) is 3.25. The monoisotopic (exact) mass is 264 g/mol. The number of ether oxygens (including phenoxy) is 1. The standard InChI is InChI=1S/C10H12N6OS/c1-2-5-17-9-14-8(11)15-10(16-9)18-7-6-12-3-4-13-7/h3-4,6H,2,5H2,1H3,(H2,11,14,15,16). The van der Waals surface area contributed by atoms with Crippen LogP contribution in [-0.4, -0.2) is 31.5 Å². The van der Waals surface area contributed by atoms with E-state index in [1.54, 1.807) is 18.6 Å². The lowest BCUT2D eigenvalue weighted by Crippen LogP contribution is -2.05. The zero-order chi connectivity index (χ0) is 12.8. The number of aromatic nitrogens is 5. The first-order chi connectivity index (χ1) is 8.78. The van der Waals surface area contributed by atoms with Crippen LogP contribution in [0.2, 0.25) is 0 Å². The van der Waals surface area contributed by atoms with E-state index in [0.717, 1.165) is 6.42 Å². The van der Waals surface area contributed by atoms with Gasteiger partial charge in [0.15, 0.2) is 0 Å². The molecular weight excluding hydrogens is 252 g/mol. The Balaban J connectivity index is 2.15. The van der Waals surface area contributed by atoms with E-state index in [9.17, 15) is 0 Å². The normalized spacial score (nSPS) is 10.3. The van der Waals surface area contributed by atoms with Crippen LogP contribution < -0.4 is 10.5 Å². The minimum atomic E-state index is 0.127. The van der Waals surface area contributed by atoms with E-state index in [-0.39, 0.29) is 12.0 Å². The Bertz CT molecular complexity index is 509. The lowest BCUT2D eigenvalue weighted by Gasteiger charge is -2.04. The van der Waals surface area contributed by atoms with Gasteiger partial charge in [-0.15, -0.1) is 0 Å². The molecule has 2 heterocycles. The Morgan fingerprint density at radius 1 is 1.28 bits per heavy atom. The van der Waals surface area contributed by atoms with Gasteiger partial charge in [0.25, 0.3) is 0 Å². The van der Waals surface area contributed by atoms with E-state index in [2.05, 4.69) is 24.9 Å². The van der Waals surface area contributed by atoms with Crippen molar-refractivity contribution in [3.63, 3.8) is 0 Å². The molecule has 8 heteroatoms. The van der Waals surface area contributed by atoms with Crippen molar-refractivity contribution in [3.8, 4) is 6.01 Å². The molecule has 2 rings (SSSR count). The number of nitrogens with zero attached hydrogens (tertiary/aromatic N) is 5. The van der Waals surface area contributed by atoms with Gasteiger partial charge in [-0.1, -0.05) is 6.92 Å². The van der Waals surface area contributed by atoms with Gasteiger partial charge in [0.1, 0.15) is 5.03 Å². The maximum absolute atomic E-state index is 5.59. The fourth-order valence-corrected chi connectivity index (χ4v) is 1.77. The first-order valence-corrected chi connectivity index (χ1v) is 6.18. The Labute approximate surface area is 108 Å². The Morgan fingerprint density at radius 3 is 2.89 bits per heavy atom. The third-order valence-corrected chi connectivity index (χ3v) is 2.57. The average molecular weight is 264 g/mol. The topological polar surface area (TPSA) is 99.7 Å². The van der Waals surface area contributed by atoms with Crippen molar-refractivity contribution in [2.24, 2.45) is 0 Å². The van der Waals surface area contributed by atoms with Crippen molar-refractivity contribution in [2.75, 3.05) is 12.3 Å². The highest BCUT2D eigenvalue weighted by atomic mass is 32.2. The molecule has 0 saturated carbocycles. The van der Waals surface area contributed by atoms with Crippen molar-refractivity contribution in [2.45, 2.75) is 23.5 Å². The maximum Gasteiger partial charge on any atom is 0.322 e. The molecule has 7 nitrogen and oxygen atoms in total. The van der Waals surface area contributed by atoms with Crippen LogP contribution in [0, 0.1) is 0 Å². The zero-order valence-corrected chi connectivity index (χ0v) is 10.6. The van der Waals surface area contributed by atoms with Crippen LogP contribution in [0.4, 0.5) is 5.95 Å². The van der Waals surface area contributed by atoms with E-state index in [1.165, 1.54) is 11.8 Å². The highest BCUT2D eigenvalue weighted by molar-refractivity contribution is 7.99. The quantitative estimate of drug-likeness (QED) is 0.859. The summed E-state index contributed by atoms with van der Waals surface area (Å²) in [7, 11) is 0. The van der Waals surface area contributed by atoms with Gasteiger partial charge in [0, 0.05) is 12.4 Å². The summed E-state index contributed by atoms with van der Waals surface area (Å²) < 4.78 is 5.32. The van der Waals surface area contributed by atoms with E-state index in [4.69, 9.17) is 10.5 Å². The number of hydrogen-bond donors (Lipinski definition) is 1. The summed E-state index contributed by atoms with van der Waals surface area (Å²) >= 11 is 1.25. The molecule has 0 aliphatic carbocycles. The van der Waals surface area contributed by atoms with Crippen LogP contribution in [0.1, 0.15) is 13.3 Å². The predicted octanol–water partition coefficient (Wildman–Crippen LogP) is 1.18. The maximum atomic E-state index is 5.59. The average Bonchev–Trinajstić information content (AvgIpc) is 2.37. The molecule has 0 unspecified atom stereocenters. The number of nitrogens with two attached hydrogens (primary N) is 1. The molecule has 2 aromatic heterocycles. The van der Waals surface area contributed by atoms with Crippen LogP contribution in [0.3, 0.4) is 0 Å². The van der Waals surface area contributed by atoms with Gasteiger partial charge in [0.05, 0.1) is 12.8 Å². The minimum absolute atomic E-state index is 0.127. The van der Waals surface area contributed by atoms with Crippen molar-refractivity contribution < 1.29 is 4.74 Å². The molecule has 0 bridgehead atoms. The lowest BCUT2D eigenvalue weighted by atomic mass is 10.5. The summed E-state index contributed by atoms with van der Waals surface area (Å²) in [5.74, 6) is 0.127. The zero-order valence-electron chi connectivity index (χ0n) is 9.78. The molecule has 0 atom stereocenters. The van der Waals surface area contributed by atoms with Gasteiger partial charge in [-0.25, -0.2) is 4.98 Å².